The van der Waals surface area contributed by atoms with Crippen molar-refractivity contribution in [2.45, 2.75) is 58.1 Å². The fourth-order valence-corrected chi connectivity index (χ4v) is 2.43. The second kappa shape index (κ2) is 5.74. The van der Waals surface area contributed by atoms with Crippen molar-refractivity contribution in [1.29, 1.82) is 0 Å². The van der Waals surface area contributed by atoms with Crippen LogP contribution in [0.3, 0.4) is 0 Å². The zero-order chi connectivity index (χ0) is 14.9. The molecule has 0 radical (unpaired) electrons. The topological polar surface area (TPSA) is 55.5 Å². The first-order valence-corrected chi connectivity index (χ1v) is 7.47. The Balaban J connectivity index is 2.12. The van der Waals surface area contributed by atoms with E-state index < -0.39 is 0 Å². The Labute approximate surface area is 122 Å². The smallest absolute Gasteiger partial charge is 0.137 e. The van der Waals surface area contributed by atoms with Gasteiger partial charge in [0.15, 0.2) is 0 Å². The van der Waals surface area contributed by atoms with Gasteiger partial charge in [0.25, 0.3) is 0 Å². The predicted octanol–water partition coefficient (Wildman–Crippen LogP) is 2.77. The Morgan fingerprint density at radius 2 is 2.00 bits per heavy atom. The van der Waals surface area contributed by atoms with Crippen LogP contribution >= 0.6 is 0 Å². The van der Waals surface area contributed by atoms with Gasteiger partial charge in [-0.3, -0.25) is 0 Å². The molecule has 0 bridgehead atoms. The maximum atomic E-state index is 9.50. The Morgan fingerprint density at radius 3 is 2.45 bits per heavy atom. The van der Waals surface area contributed by atoms with Crippen LogP contribution in [0.4, 0.5) is 0 Å². The van der Waals surface area contributed by atoms with Crippen LogP contribution in [0.5, 0.6) is 5.75 Å². The highest BCUT2D eigenvalue weighted by atomic mass is 16.5. The number of aliphatic hydroxyl groups is 1. The lowest BCUT2D eigenvalue weighted by Crippen LogP contribution is -2.43. The Bertz CT molecular complexity index is 461. The molecule has 2 atom stereocenters. The number of hydrogen-bond acceptors (Lipinski definition) is 3. The number of aryl methyl sites for hydroxylation is 1. The third-order valence-corrected chi connectivity index (χ3v) is 4.09. The second-order valence-electron chi connectivity index (χ2n) is 6.98. The fraction of sp³-hybridized carbons (Fsp3) is 0.647. The SMILES string of the molecule is Cc1cc(C(C)(C)C)ccc1OC(CO)C(N)C1CC1. The monoisotopic (exact) mass is 277 g/mol. The van der Waals surface area contributed by atoms with Gasteiger partial charge >= 0.3 is 0 Å². The van der Waals surface area contributed by atoms with E-state index in [1.807, 2.05) is 13.0 Å². The highest BCUT2D eigenvalue weighted by molar-refractivity contribution is 5.39. The maximum Gasteiger partial charge on any atom is 0.137 e. The molecule has 0 aromatic heterocycles. The zero-order valence-corrected chi connectivity index (χ0v) is 13.0. The van der Waals surface area contributed by atoms with E-state index in [1.54, 1.807) is 0 Å². The van der Waals surface area contributed by atoms with Crippen molar-refractivity contribution in [3.8, 4) is 5.75 Å². The van der Waals surface area contributed by atoms with Crippen LogP contribution in [0.15, 0.2) is 18.2 Å². The molecule has 20 heavy (non-hydrogen) atoms. The van der Waals surface area contributed by atoms with Crippen molar-refractivity contribution in [2.24, 2.45) is 11.7 Å². The average molecular weight is 277 g/mol. The minimum atomic E-state index is -0.304. The molecule has 0 heterocycles. The normalized spacial score (nSPS) is 18.7. The maximum absolute atomic E-state index is 9.50. The molecule has 1 saturated carbocycles. The van der Waals surface area contributed by atoms with Crippen LogP contribution < -0.4 is 10.5 Å². The molecule has 2 unspecified atom stereocenters. The minimum absolute atomic E-state index is 0.0296. The standard InChI is InChI=1S/C17H27NO2/c1-11-9-13(17(2,3)4)7-8-14(11)20-15(10-19)16(18)12-5-6-12/h7-9,12,15-16,19H,5-6,10,18H2,1-4H3. The first kappa shape index (κ1) is 15.3. The molecule has 1 aliphatic rings. The van der Waals surface area contributed by atoms with E-state index in [9.17, 15) is 5.11 Å². The van der Waals surface area contributed by atoms with E-state index in [1.165, 1.54) is 5.56 Å². The van der Waals surface area contributed by atoms with Crippen LogP contribution in [-0.2, 0) is 5.41 Å². The van der Waals surface area contributed by atoms with Crippen molar-refractivity contribution in [3.63, 3.8) is 0 Å². The molecule has 1 aliphatic carbocycles. The lowest BCUT2D eigenvalue weighted by Gasteiger charge is -2.25. The molecule has 3 N–H and O–H groups in total. The van der Waals surface area contributed by atoms with E-state index in [0.29, 0.717) is 5.92 Å². The van der Waals surface area contributed by atoms with Crippen molar-refractivity contribution in [1.82, 2.24) is 0 Å². The quantitative estimate of drug-likeness (QED) is 0.870. The lowest BCUT2D eigenvalue weighted by molar-refractivity contribution is 0.0876. The molecule has 1 fully saturated rings. The Kier molecular flexibility index (Phi) is 4.40. The third-order valence-electron chi connectivity index (χ3n) is 4.09. The summed E-state index contributed by atoms with van der Waals surface area (Å²) in [5.74, 6) is 1.34. The van der Waals surface area contributed by atoms with Crippen LogP contribution in [-0.4, -0.2) is 23.9 Å². The molecule has 1 aromatic carbocycles. The van der Waals surface area contributed by atoms with E-state index in [2.05, 4.69) is 32.9 Å². The van der Waals surface area contributed by atoms with E-state index in [0.717, 1.165) is 24.2 Å². The summed E-state index contributed by atoms with van der Waals surface area (Å²) in [5, 5.41) is 9.50. The van der Waals surface area contributed by atoms with Gasteiger partial charge in [0.1, 0.15) is 11.9 Å². The number of benzene rings is 1. The molecular weight excluding hydrogens is 250 g/mol. The number of rotatable bonds is 5. The summed E-state index contributed by atoms with van der Waals surface area (Å²) in [7, 11) is 0. The van der Waals surface area contributed by atoms with Gasteiger partial charge in [-0.2, -0.15) is 0 Å². The van der Waals surface area contributed by atoms with Crippen molar-refractivity contribution in [3.05, 3.63) is 29.3 Å². The summed E-state index contributed by atoms with van der Waals surface area (Å²) >= 11 is 0. The van der Waals surface area contributed by atoms with Gasteiger partial charge in [0, 0.05) is 6.04 Å². The van der Waals surface area contributed by atoms with E-state index in [4.69, 9.17) is 10.5 Å². The molecule has 2 rings (SSSR count). The van der Waals surface area contributed by atoms with Gasteiger partial charge in [-0.1, -0.05) is 32.9 Å². The number of aliphatic hydroxyl groups excluding tert-OH is 1. The van der Waals surface area contributed by atoms with E-state index in [-0.39, 0.29) is 24.2 Å². The van der Waals surface area contributed by atoms with Gasteiger partial charge in [0.2, 0.25) is 0 Å². The summed E-state index contributed by atoms with van der Waals surface area (Å²) in [4.78, 5) is 0. The van der Waals surface area contributed by atoms with E-state index >= 15 is 0 Å². The summed E-state index contributed by atoms with van der Waals surface area (Å²) in [5.41, 5.74) is 8.66. The minimum Gasteiger partial charge on any atom is -0.486 e. The summed E-state index contributed by atoms with van der Waals surface area (Å²) in [6, 6.07) is 6.19. The number of ether oxygens (including phenoxy) is 1. The van der Waals surface area contributed by atoms with Gasteiger partial charge in [-0.15, -0.1) is 0 Å². The molecular formula is C17H27NO2. The van der Waals surface area contributed by atoms with Gasteiger partial charge in [0.05, 0.1) is 6.61 Å². The molecule has 0 saturated heterocycles. The lowest BCUT2D eigenvalue weighted by atomic mass is 9.86. The first-order chi connectivity index (χ1) is 9.32. The molecule has 112 valence electrons. The number of hydrogen-bond donors (Lipinski definition) is 2. The van der Waals surface area contributed by atoms with Crippen molar-refractivity contribution < 1.29 is 9.84 Å². The summed E-state index contributed by atoms with van der Waals surface area (Å²) < 4.78 is 5.95. The van der Waals surface area contributed by atoms with Gasteiger partial charge < -0.3 is 15.6 Å². The van der Waals surface area contributed by atoms with Crippen molar-refractivity contribution in [2.75, 3.05) is 6.61 Å². The molecule has 0 amide bonds. The van der Waals surface area contributed by atoms with Gasteiger partial charge in [-0.05, 0) is 48.3 Å². The summed E-state index contributed by atoms with van der Waals surface area (Å²) in [6.45, 7) is 8.60. The van der Waals surface area contributed by atoms with Crippen LogP contribution in [0.1, 0.15) is 44.7 Å². The van der Waals surface area contributed by atoms with Crippen LogP contribution in [0, 0.1) is 12.8 Å². The average Bonchev–Trinajstić information content (AvgIpc) is 3.19. The molecule has 3 heteroatoms. The zero-order valence-electron chi connectivity index (χ0n) is 13.0. The third kappa shape index (κ3) is 3.53. The Hall–Kier alpha value is -1.06. The van der Waals surface area contributed by atoms with Crippen LogP contribution in [0.25, 0.3) is 0 Å². The second-order valence-corrected chi connectivity index (χ2v) is 6.98. The number of nitrogens with two attached hydrogens (primary N) is 1. The first-order valence-electron chi connectivity index (χ1n) is 7.47. The molecule has 0 aliphatic heterocycles. The highest BCUT2D eigenvalue weighted by Crippen LogP contribution is 2.34. The van der Waals surface area contributed by atoms with Crippen molar-refractivity contribution >= 4 is 0 Å². The molecule has 1 aromatic rings. The largest absolute Gasteiger partial charge is 0.486 e. The summed E-state index contributed by atoms with van der Waals surface area (Å²) in [6.07, 6.45) is 2.01. The fourth-order valence-electron chi connectivity index (χ4n) is 2.43. The molecule has 3 nitrogen and oxygen atoms in total. The van der Waals surface area contributed by atoms with Gasteiger partial charge in [-0.25, -0.2) is 0 Å². The Morgan fingerprint density at radius 1 is 1.35 bits per heavy atom. The van der Waals surface area contributed by atoms with Crippen LogP contribution in [0.2, 0.25) is 0 Å². The predicted molar refractivity (Wildman–Crippen MR) is 82.1 cm³/mol. The molecule has 0 spiro atoms. The highest BCUT2D eigenvalue weighted by Gasteiger charge is 2.35.